The van der Waals surface area contributed by atoms with Gasteiger partial charge in [0.2, 0.25) is 21.7 Å². The molecule has 0 aliphatic carbocycles. The van der Waals surface area contributed by atoms with Gasteiger partial charge in [-0.2, -0.15) is 9.29 Å². The van der Waals surface area contributed by atoms with Gasteiger partial charge in [-0.1, -0.05) is 58.8 Å². The van der Waals surface area contributed by atoms with Crippen LogP contribution in [-0.2, 0) is 16.6 Å². The first-order valence-electron chi connectivity index (χ1n) is 11.6. The van der Waals surface area contributed by atoms with Gasteiger partial charge in [0, 0.05) is 12.6 Å². The molecular weight excluding hydrogens is 450 g/mol. The molecule has 2 aromatic carbocycles. The van der Waals surface area contributed by atoms with Crippen molar-refractivity contribution in [2.75, 3.05) is 14.2 Å². The van der Waals surface area contributed by atoms with E-state index in [0.717, 1.165) is 28.0 Å². The van der Waals surface area contributed by atoms with E-state index in [9.17, 15) is 8.42 Å². The smallest absolute Gasteiger partial charge is 0.243 e. The number of rotatable bonds is 9. The van der Waals surface area contributed by atoms with Crippen LogP contribution in [0.15, 0.2) is 45.8 Å². The van der Waals surface area contributed by atoms with E-state index >= 15 is 0 Å². The molecule has 0 unspecified atom stereocenters. The molecule has 0 aliphatic heterocycles. The minimum atomic E-state index is -3.81. The van der Waals surface area contributed by atoms with Crippen LogP contribution < -0.4 is 4.74 Å². The van der Waals surface area contributed by atoms with Crippen molar-refractivity contribution < 1.29 is 17.7 Å². The van der Waals surface area contributed by atoms with Gasteiger partial charge < -0.3 is 9.26 Å². The molecule has 0 amide bonds. The highest BCUT2D eigenvalue weighted by Crippen LogP contribution is 2.36. The largest absolute Gasteiger partial charge is 0.497 e. The summed E-state index contributed by atoms with van der Waals surface area (Å²) >= 11 is 0. The highest BCUT2D eigenvalue weighted by atomic mass is 32.2. The molecule has 0 N–H and O–H groups in total. The summed E-state index contributed by atoms with van der Waals surface area (Å²) in [6.45, 7) is 12.3. The van der Waals surface area contributed by atoms with E-state index in [0.29, 0.717) is 16.6 Å². The van der Waals surface area contributed by atoms with Gasteiger partial charge >= 0.3 is 0 Å². The standard InChI is InChI=1S/C26H35N3O4S/c1-16(2)20-13-22(17(3)4)25(23(14-20)18(5)6)34(30,31)29(7)15-24-27-26(28-33-24)19-9-11-21(32-8)12-10-19/h9-14,16-18H,15H2,1-8H3. The third kappa shape index (κ3) is 5.33. The zero-order chi connectivity index (χ0) is 25.2. The molecule has 1 aromatic heterocycles. The van der Waals surface area contributed by atoms with Gasteiger partial charge in [-0.15, -0.1) is 0 Å². The molecule has 0 saturated heterocycles. The first kappa shape index (κ1) is 25.9. The number of sulfonamides is 1. The highest BCUT2D eigenvalue weighted by Gasteiger charge is 2.31. The second-order valence-corrected chi connectivity index (χ2v) is 11.5. The minimum absolute atomic E-state index is 0.0213. The van der Waals surface area contributed by atoms with Crippen LogP contribution in [0.5, 0.6) is 5.75 Å². The SMILES string of the molecule is COc1ccc(-c2noc(CN(C)S(=O)(=O)c3c(C(C)C)cc(C(C)C)cc3C(C)C)n2)cc1. The van der Waals surface area contributed by atoms with Crippen molar-refractivity contribution in [1.29, 1.82) is 0 Å². The van der Waals surface area contributed by atoms with Crippen LogP contribution in [0.1, 0.15) is 81.9 Å². The molecule has 8 heteroatoms. The van der Waals surface area contributed by atoms with Gasteiger partial charge in [0.05, 0.1) is 18.6 Å². The van der Waals surface area contributed by atoms with Gasteiger partial charge in [-0.3, -0.25) is 0 Å². The summed E-state index contributed by atoms with van der Waals surface area (Å²) in [5, 5.41) is 4.02. The van der Waals surface area contributed by atoms with E-state index in [-0.39, 0.29) is 24.3 Å². The monoisotopic (exact) mass is 485 g/mol. The average molecular weight is 486 g/mol. The van der Waals surface area contributed by atoms with Crippen molar-refractivity contribution >= 4 is 10.0 Å². The Bertz CT molecular complexity index is 1200. The zero-order valence-corrected chi connectivity index (χ0v) is 22.1. The molecule has 0 spiro atoms. The normalized spacial score (nSPS) is 12.4. The number of hydrogen-bond acceptors (Lipinski definition) is 6. The van der Waals surface area contributed by atoms with Crippen LogP contribution in [-0.4, -0.2) is 37.0 Å². The van der Waals surface area contributed by atoms with Crippen molar-refractivity contribution in [3.8, 4) is 17.1 Å². The van der Waals surface area contributed by atoms with Crippen molar-refractivity contribution in [3.63, 3.8) is 0 Å². The topological polar surface area (TPSA) is 85.5 Å². The van der Waals surface area contributed by atoms with Gasteiger partial charge in [0.1, 0.15) is 5.75 Å². The number of benzene rings is 2. The Labute approximate surface area is 203 Å². The first-order valence-corrected chi connectivity index (χ1v) is 13.0. The molecule has 34 heavy (non-hydrogen) atoms. The summed E-state index contributed by atoms with van der Waals surface area (Å²) in [7, 11) is -0.653. The van der Waals surface area contributed by atoms with Gasteiger partial charge in [-0.05, 0) is 58.7 Å². The fourth-order valence-corrected chi connectivity index (χ4v) is 5.57. The van der Waals surface area contributed by atoms with Gasteiger partial charge in [0.15, 0.2) is 0 Å². The number of aromatic nitrogens is 2. The Morgan fingerprint density at radius 3 is 1.97 bits per heavy atom. The Morgan fingerprint density at radius 2 is 1.50 bits per heavy atom. The molecule has 0 saturated carbocycles. The Morgan fingerprint density at radius 1 is 0.941 bits per heavy atom. The van der Waals surface area contributed by atoms with Crippen LogP contribution in [0.4, 0.5) is 0 Å². The number of ether oxygens (including phenoxy) is 1. The second kappa shape index (κ2) is 10.3. The highest BCUT2D eigenvalue weighted by molar-refractivity contribution is 7.89. The summed E-state index contributed by atoms with van der Waals surface area (Å²) in [6.07, 6.45) is 0. The van der Waals surface area contributed by atoms with Crippen molar-refractivity contribution in [1.82, 2.24) is 14.4 Å². The Kier molecular flexibility index (Phi) is 7.83. The van der Waals surface area contributed by atoms with Crippen LogP contribution in [0, 0.1) is 0 Å². The quantitative estimate of drug-likeness (QED) is 0.373. The lowest BCUT2D eigenvalue weighted by Crippen LogP contribution is -2.29. The maximum Gasteiger partial charge on any atom is 0.243 e. The molecule has 0 radical (unpaired) electrons. The van der Waals surface area contributed by atoms with E-state index in [1.165, 1.54) is 4.31 Å². The predicted octanol–water partition coefficient (Wildman–Crippen LogP) is 5.94. The van der Waals surface area contributed by atoms with E-state index in [1.54, 1.807) is 14.2 Å². The van der Waals surface area contributed by atoms with Crippen molar-refractivity contribution in [2.45, 2.75) is 70.7 Å². The predicted molar refractivity (Wildman–Crippen MR) is 134 cm³/mol. The summed E-state index contributed by atoms with van der Waals surface area (Å²) in [6, 6.07) is 11.3. The van der Waals surface area contributed by atoms with E-state index in [2.05, 4.69) is 24.0 Å². The molecule has 1 heterocycles. The molecule has 3 rings (SSSR count). The molecule has 0 atom stereocenters. The van der Waals surface area contributed by atoms with Crippen LogP contribution in [0.2, 0.25) is 0 Å². The lowest BCUT2D eigenvalue weighted by molar-refractivity contribution is 0.336. The lowest BCUT2D eigenvalue weighted by Gasteiger charge is -2.25. The third-order valence-electron chi connectivity index (χ3n) is 5.92. The minimum Gasteiger partial charge on any atom is -0.497 e. The summed E-state index contributed by atoms with van der Waals surface area (Å²) < 4.78 is 39.5. The van der Waals surface area contributed by atoms with Crippen molar-refractivity contribution in [2.24, 2.45) is 0 Å². The molecule has 3 aromatic rings. The van der Waals surface area contributed by atoms with Crippen LogP contribution >= 0.6 is 0 Å². The number of hydrogen-bond donors (Lipinski definition) is 0. The zero-order valence-electron chi connectivity index (χ0n) is 21.3. The number of nitrogens with zero attached hydrogens (tertiary/aromatic N) is 3. The van der Waals surface area contributed by atoms with E-state index in [1.807, 2.05) is 64.1 Å². The molecule has 0 aliphatic rings. The van der Waals surface area contributed by atoms with Crippen LogP contribution in [0.25, 0.3) is 11.4 Å². The molecule has 184 valence electrons. The maximum absolute atomic E-state index is 13.8. The molecule has 7 nitrogen and oxygen atoms in total. The lowest BCUT2D eigenvalue weighted by atomic mass is 9.89. The van der Waals surface area contributed by atoms with E-state index in [4.69, 9.17) is 9.26 Å². The summed E-state index contributed by atoms with van der Waals surface area (Å²) in [5.41, 5.74) is 3.59. The summed E-state index contributed by atoms with van der Waals surface area (Å²) in [4.78, 5) is 4.80. The number of methoxy groups -OCH3 is 1. The van der Waals surface area contributed by atoms with Gasteiger partial charge in [-0.25, -0.2) is 8.42 Å². The van der Waals surface area contributed by atoms with E-state index < -0.39 is 10.0 Å². The fraction of sp³-hybridized carbons (Fsp3) is 0.462. The van der Waals surface area contributed by atoms with Crippen molar-refractivity contribution in [3.05, 3.63) is 59.0 Å². The average Bonchev–Trinajstić information content (AvgIpc) is 3.26. The van der Waals surface area contributed by atoms with Crippen LogP contribution in [0.3, 0.4) is 0 Å². The Hall–Kier alpha value is -2.71. The molecule has 0 bridgehead atoms. The maximum atomic E-state index is 13.8. The molecular formula is C26H35N3O4S. The molecule has 0 fully saturated rings. The van der Waals surface area contributed by atoms with Gasteiger partial charge in [0.25, 0.3) is 0 Å². The third-order valence-corrected chi connectivity index (χ3v) is 7.86. The first-order chi connectivity index (χ1) is 15.9. The second-order valence-electron chi connectivity index (χ2n) is 9.49. The Balaban J connectivity index is 1.97. The fourth-order valence-electron chi connectivity index (χ4n) is 3.80. The summed E-state index contributed by atoms with van der Waals surface area (Å²) in [5.74, 6) is 1.77.